The molecule has 1 rings (SSSR count). The molecule has 0 radical (unpaired) electrons. The van der Waals surface area contributed by atoms with Crippen molar-refractivity contribution < 1.29 is 9.59 Å². The van der Waals surface area contributed by atoms with Crippen molar-refractivity contribution in [2.75, 3.05) is 14.1 Å². The average molecular weight is 314 g/mol. The molecule has 0 heterocycles. The van der Waals surface area contributed by atoms with Crippen LogP contribution in [0, 0.1) is 5.92 Å². The van der Waals surface area contributed by atoms with E-state index in [1.165, 1.54) is 4.90 Å². The van der Waals surface area contributed by atoms with Crippen LogP contribution in [0.4, 0.5) is 0 Å². The Kier molecular flexibility index (Phi) is 7.99. The lowest BCUT2D eigenvalue weighted by atomic mass is 10.0. The molecule has 1 aromatic carbocycles. The van der Waals surface area contributed by atoms with E-state index >= 15 is 0 Å². The second kappa shape index (κ2) is 8.64. The zero-order valence-corrected chi connectivity index (χ0v) is 13.7. The molecule has 0 aliphatic heterocycles. The largest absolute Gasteiger partial charge is 0.352 e. The van der Waals surface area contributed by atoms with Crippen LogP contribution in [0.2, 0.25) is 0 Å². The number of benzene rings is 1. The number of rotatable bonds is 5. The van der Waals surface area contributed by atoms with Crippen LogP contribution in [0.15, 0.2) is 24.3 Å². The van der Waals surface area contributed by atoms with Crippen LogP contribution in [-0.4, -0.2) is 36.9 Å². The zero-order chi connectivity index (χ0) is 15.3. The molecule has 2 unspecified atom stereocenters. The Morgan fingerprint density at radius 3 is 2.14 bits per heavy atom. The molecule has 0 saturated carbocycles. The monoisotopic (exact) mass is 313 g/mol. The molecule has 5 nitrogen and oxygen atoms in total. The summed E-state index contributed by atoms with van der Waals surface area (Å²) < 4.78 is 0. The van der Waals surface area contributed by atoms with Crippen molar-refractivity contribution in [1.29, 1.82) is 0 Å². The highest BCUT2D eigenvalue weighted by atomic mass is 35.5. The van der Waals surface area contributed by atoms with Gasteiger partial charge in [-0.2, -0.15) is 0 Å². The number of nitrogens with two attached hydrogens (primary N) is 1. The topological polar surface area (TPSA) is 75.4 Å². The summed E-state index contributed by atoms with van der Waals surface area (Å²) in [6, 6.07) is 7.04. The maximum absolute atomic E-state index is 11.8. The van der Waals surface area contributed by atoms with Gasteiger partial charge in [0, 0.05) is 38.2 Å². The Labute approximate surface area is 132 Å². The number of nitrogens with one attached hydrogen (secondary N) is 1. The first-order valence-corrected chi connectivity index (χ1v) is 6.66. The molecule has 1 aromatic rings. The molecule has 0 saturated heterocycles. The smallest absolute Gasteiger partial charge is 0.253 e. The average Bonchev–Trinajstić information content (AvgIpc) is 2.43. The van der Waals surface area contributed by atoms with Crippen molar-refractivity contribution in [1.82, 2.24) is 10.2 Å². The van der Waals surface area contributed by atoms with Gasteiger partial charge < -0.3 is 16.0 Å². The van der Waals surface area contributed by atoms with Crippen LogP contribution < -0.4 is 11.1 Å². The van der Waals surface area contributed by atoms with E-state index in [1.54, 1.807) is 33.2 Å². The molecular weight excluding hydrogens is 290 g/mol. The summed E-state index contributed by atoms with van der Waals surface area (Å²) >= 11 is 0. The first kappa shape index (κ1) is 19.4. The van der Waals surface area contributed by atoms with Gasteiger partial charge in [-0.15, -0.1) is 12.4 Å². The van der Waals surface area contributed by atoms with Crippen LogP contribution in [0.1, 0.15) is 29.8 Å². The van der Waals surface area contributed by atoms with E-state index in [0.717, 1.165) is 5.56 Å². The number of hydrogen-bond acceptors (Lipinski definition) is 3. The lowest BCUT2D eigenvalue weighted by Crippen LogP contribution is -2.38. The molecule has 6 heteroatoms. The predicted molar refractivity (Wildman–Crippen MR) is 86.4 cm³/mol. The van der Waals surface area contributed by atoms with Crippen molar-refractivity contribution in [3.05, 3.63) is 35.4 Å². The Morgan fingerprint density at radius 2 is 1.71 bits per heavy atom. The van der Waals surface area contributed by atoms with Crippen LogP contribution in [0.5, 0.6) is 0 Å². The molecule has 2 amide bonds. The first-order valence-electron chi connectivity index (χ1n) is 6.66. The molecule has 2 atom stereocenters. The number of amides is 2. The quantitative estimate of drug-likeness (QED) is 0.863. The summed E-state index contributed by atoms with van der Waals surface area (Å²) in [5.41, 5.74) is 7.27. The number of halogens is 1. The lowest BCUT2D eigenvalue weighted by Gasteiger charge is -2.15. The van der Waals surface area contributed by atoms with Gasteiger partial charge in [-0.25, -0.2) is 0 Å². The molecule has 118 valence electrons. The van der Waals surface area contributed by atoms with Gasteiger partial charge in [0.25, 0.3) is 5.91 Å². The van der Waals surface area contributed by atoms with Crippen LogP contribution in [0.25, 0.3) is 0 Å². The molecule has 0 bridgehead atoms. The van der Waals surface area contributed by atoms with Crippen molar-refractivity contribution in [3.8, 4) is 0 Å². The van der Waals surface area contributed by atoms with Gasteiger partial charge >= 0.3 is 0 Å². The van der Waals surface area contributed by atoms with E-state index in [2.05, 4.69) is 5.32 Å². The molecule has 0 spiro atoms. The van der Waals surface area contributed by atoms with Crippen molar-refractivity contribution >= 4 is 24.2 Å². The summed E-state index contributed by atoms with van der Waals surface area (Å²) in [7, 11) is 3.43. The highest BCUT2D eigenvalue weighted by Crippen LogP contribution is 2.07. The Morgan fingerprint density at radius 1 is 1.19 bits per heavy atom. The van der Waals surface area contributed by atoms with Gasteiger partial charge in [-0.05, 0) is 24.6 Å². The first-order chi connectivity index (χ1) is 9.32. The molecule has 0 aromatic heterocycles. The summed E-state index contributed by atoms with van der Waals surface area (Å²) in [5, 5.41) is 2.84. The molecule has 21 heavy (non-hydrogen) atoms. The molecule has 0 aliphatic carbocycles. The minimum Gasteiger partial charge on any atom is -0.352 e. The van der Waals surface area contributed by atoms with E-state index in [0.29, 0.717) is 12.1 Å². The minimum absolute atomic E-state index is 0. The third kappa shape index (κ3) is 5.73. The highest BCUT2D eigenvalue weighted by Gasteiger charge is 2.16. The highest BCUT2D eigenvalue weighted by molar-refractivity contribution is 5.93. The van der Waals surface area contributed by atoms with E-state index in [-0.39, 0.29) is 36.2 Å². The van der Waals surface area contributed by atoms with Gasteiger partial charge in [0.2, 0.25) is 5.91 Å². The Bertz CT molecular complexity index is 472. The van der Waals surface area contributed by atoms with E-state index in [9.17, 15) is 9.59 Å². The van der Waals surface area contributed by atoms with E-state index in [4.69, 9.17) is 5.73 Å². The fourth-order valence-corrected chi connectivity index (χ4v) is 1.61. The molecule has 0 aliphatic rings. The van der Waals surface area contributed by atoms with Crippen LogP contribution >= 0.6 is 12.4 Å². The summed E-state index contributed by atoms with van der Waals surface area (Å²) in [6.45, 7) is 4.05. The zero-order valence-electron chi connectivity index (χ0n) is 12.9. The van der Waals surface area contributed by atoms with Gasteiger partial charge in [-0.1, -0.05) is 19.1 Å². The third-order valence-electron chi connectivity index (χ3n) is 3.28. The van der Waals surface area contributed by atoms with Crippen LogP contribution in [0.3, 0.4) is 0 Å². The van der Waals surface area contributed by atoms with Gasteiger partial charge in [0.15, 0.2) is 0 Å². The normalized spacial score (nSPS) is 12.8. The SMILES string of the molecule is CC(N)C(C)C(=O)NCc1ccc(C(=O)N(C)C)cc1.Cl. The molecular formula is C15H24ClN3O2. The number of nitrogens with zero attached hydrogens (tertiary/aromatic N) is 1. The third-order valence-corrected chi connectivity index (χ3v) is 3.28. The second-order valence-corrected chi connectivity index (χ2v) is 5.26. The predicted octanol–water partition coefficient (Wildman–Crippen LogP) is 1.41. The van der Waals surface area contributed by atoms with Crippen molar-refractivity contribution in [2.45, 2.75) is 26.4 Å². The molecule has 3 N–H and O–H groups in total. The minimum atomic E-state index is -0.218. The van der Waals surface area contributed by atoms with Gasteiger partial charge in [0.1, 0.15) is 0 Å². The Hall–Kier alpha value is -1.59. The molecule has 0 fully saturated rings. The fourth-order valence-electron chi connectivity index (χ4n) is 1.61. The van der Waals surface area contributed by atoms with E-state index < -0.39 is 0 Å². The van der Waals surface area contributed by atoms with Gasteiger partial charge in [-0.3, -0.25) is 9.59 Å². The maximum atomic E-state index is 11.8. The van der Waals surface area contributed by atoms with Crippen molar-refractivity contribution in [3.63, 3.8) is 0 Å². The summed E-state index contributed by atoms with van der Waals surface area (Å²) in [4.78, 5) is 25.0. The number of carbonyl (C=O) groups is 2. The van der Waals surface area contributed by atoms with Gasteiger partial charge in [0.05, 0.1) is 0 Å². The van der Waals surface area contributed by atoms with E-state index in [1.807, 2.05) is 19.1 Å². The van der Waals surface area contributed by atoms with Crippen LogP contribution in [-0.2, 0) is 11.3 Å². The fraction of sp³-hybridized carbons (Fsp3) is 0.467. The lowest BCUT2D eigenvalue weighted by molar-refractivity contribution is -0.125. The second-order valence-electron chi connectivity index (χ2n) is 5.26. The number of carbonyl (C=O) groups excluding carboxylic acids is 2. The van der Waals surface area contributed by atoms with Crippen molar-refractivity contribution in [2.24, 2.45) is 11.7 Å². The standard InChI is InChI=1S/C15H23N3O2.ClH/c1-10(11(2)16)14(19)17-9-12-5-7-13(8-6-12)15(20)18(3)4;/h5-8,10-11H,9,16H2,1-4H3,(H,17,19);1H. The maximum Gasteiger partial charge on any atom is 0.253 e. The summed E-state index contributed by atoms with van der Waals surface area (Å²) in [6.07, 6.45) is 0. The Balaban J connectivity index is 0.00000400. The number of hydrogen-bond donors (Lipinski definition) is 2. The summed E-state index contributed by atoms with van der Waals surface area (Å²) in [5.74, 6) is -0.316.